The molecule has 2 aromatic carbocycles. The molecule has 0 saturated carbocycles. The predicted octanol–water partition coefficient (Wildman–Crippen LogP) is 5.14. The molecule has 2 aromatic rings. The quantitative estimate of drug-likeness (QED) is 0.832. The molecule has 0 radical (unpaired) electrons. The van der Waals surface area contributed by atoms with Crippen molar-refractivity contribution in [3.8, 4) is 0 Å². The van der Waals surface area contributed by atoms with Crippen molar-refractivity contribution in [2.45, 2.75) is 45.4 Å². The maximum atomic E-state index is 12.6. The van der Waals surface area contributed by atoms with Crippen LogP contribution in [0.1, 0.15) is 66.9 Å². The lowest BCUT2D eigenvalue weighted by Gasteiger charge is -2.27. The van der Waals surface area contributed by atoms with E-state index in [4.69, 9.17) is 5.73 Å². The molecule has 3 nitrogen and oxygen atoms in total. The molecule has 2 N–H and O–H groups in total. The Balaban J connectivity index is 0.000000286. The Bertz CT molecular complexity index is 921. The Morgan fingerprint density at radius 3 is 2.58 bits per heavy atom. The summed E-state index contributed by atoms with van der Waals surface area (Å²) in [4.78, 5) is 22.5. The fraction of sp³-hybridized carbons (Fsp3) is 0.304. The van der Waals surface area contributed by atoms with Crippen LogP contribution in [0.4, 0.5) is 0 Å². The number of ketones is 1. The molecule has 1 atom stereocenters. The van der Waals surface area contributed by atoms with Gasteiger partial charge in [0.1, 0.15) is 0 Å². The van der Waals surface area contributed by atoms with Crippen LogP contribution in [-0.2, 0) is 4.79 Å². The third-order valence-electron chi connectivity index (χ3n) is 4.87. The van der Waals surface area contributed by atoms with Crippen LogP contribution in [0.2, 0.25) is 0 Å². The largest absolute Gasteiger partial charge is 0.370 e. The summed E-state index contributed by atoms with van der Waals surface area (Å²) in [7, 11) is 0. The Morgan fingerprint density at radius 2 is 1.92 bits per heavy atom. The van der Waals surface area contributed by atoms with Gasteiger partial charge in [0, 0.05) is 17.9 Å². The number of Topliss-reactive ketones (excluding diaryl/α,β-unsaturated/α-hetero) is 1. The highest BCUT2D eigenvalue weighted by atomic mass is 16.1. The van der Waals surface area contributed by atoms with Gasteiger partial charge in [-0.15, -0.1) is 0 Å². The summed E-state index contributed by atoms with van der Waals surface area (Å²) in [5.41, 5.74) is 9.10. The van der Waals surface area contributed by atoms with Gasteiger partial charge in [-0.2, -0.15) is 0 Å². The van der Waals surface area contributed by atoms with Crippen molar-refractivity contribution in [2.75, 3.05) is 0 Å². The van der Waals surface area contributed by atoms with E-state index in [1.807, 2.05) is 13.0 Å². The second kappa shape index (κ2) is 7.69. The summed E-state index contributed by atoms with van der Waals surface area (Å²) in [6, 6.07) is 10.4. The fourth-order valence-electron chi connectivity index (χ4n) is 3.74. The van der Waals surface area contributed by atoms with Gasteiger partial charge in [0.2, 0.25) is 5.91 Å². The molecule has 0 spiro atoms. The Morgan fingerprint density at radius 1 is 1.12 bits per heavy atom. The highest BCUT2D eigenvalue weighted by Gasteiger charge is 2.28. The van der Waals surface area contributed by atoms with Gasteiger partial charge < -0.3 is 5.73 Å². The Kier molecular flexibility index (Phi) is 5.36. The summed E-state index contributed by atoms with van der Waals surface area (Å²) < 4.78 is 0. The molecule has 0 heterocycles. The number of primary amides is 1. The summed E-state index contributed by atoms with van der Waals surface area (Å²) in [6.07, 6.45) is 9.85. The average molecular weight is 347 g/mol. The number of rotatable bonds is 4. The molecule has 0 saturated heterocycles. The number of allylic oxidation sites excluding steroid dienone is 3. The first-order chi connectivity index (χ1) is 12.6. The maximum Gasteiger partial charge on any atom is 0.217 e. The first-order valence-corrected chi connectivity index (χ1v) is 9.34. The summed E-state index contributed by atoms with van der Waals surface area (Å²) in [5.74, 6) is 0.283. The maximum absolute atomic E-state index is 12.6. The molecule has 1 amide bonds. The van der Waals surface area contributed by atoms with E-state index < -0.39 is 0 Å². The number of benzene rings is 2. The third-order valence-corrected chi connectivity index (χ3v) is 4.87. The summed E-state index contributed by atoms with van der Waals surface area (Å²) in [6.45, 7) is 4.05. The highest BCUT2D eigenvalue weighted by Crippen LogP contribution is 2.42. The van der Waals surface area contributed by atoms with Crippen molar-refractivity contribution >= 4 is 28.5 Å². The average Bonchev–Trinajstić information content (AvgIpc) is 2.63. The molecule has 2 aliphatic carbocycles. The number of hydrogen-bond donors (Lipinski definition) is 1. The van der Waals surface area contributed by atoms with Crippen LogP contribution in [0.25, 0.3) is 16.8 Å². The van der Waals surface area contributed by atoms with Crippen LogP contribution >= 0.6 is 0 Å². The predicted molar refractivity (Wildman–Crippen MR) is 107 cm³/mol. The van der Waals surface area contributed by atoms with Crippen molar-refractivity contribution in [3.63, 3.8) is 0 Å². The van der Waals surface area contributed by atoms with Gasteiger partial charge in [-0.05, 0) is 40.3 Å². The Hall–Kier alpha value is -2.68. The van der Waals surface area contributed by atoms with Crippen LogP contribution in [0, 0.1) is 0 Å². The van der Waals surface area contributed by atoms with Crippen LogP contribution in [0.15, 0.2) is 48.1 Å². The lowest BCUT2D eigenvalue weighted by atomic mass is 9.76. The minimum absolute atomic E-state index is 0.211. The van der Waals surface area contributed by atoms with E-state index in [-0.39, 0.29) is 17.6 Å². The van der Waals surface area contributed by atoms with E-state index >= 15 is 0 Å². The molecular weight excluding hydrogens is 322 g/mol. The van der Waals surface area contributed by atoms with Gasteiger partial charge in [-0.25, -0.2) is 0 Å². The van der Waals surface area contributed by atoms with Crippen LogP contribution in [0.3, 0.4) is 0 Å². The molecule has 0 aromatic heterocycles. The van der Waals surface area contributed by atoms with Crippen molar-refractivity contribution in [1.82, 2.24) is 0 Å². The molecule has 2 aliphatic rings. The monoisotopic (exact) mass is 347 g/mol. The lowest BCUT2D eigenvalue weighted by Crippen LogP contribution is -2.17. The van der Waals surface area contributed by atoms with Gasteiger partial charge >= 0.3 is 0 Å². The Labute approximate surface area is 154 Å². The molecule has 26 heavy (non-hydrogen) atoms. The normalized spacial score (nSPS) is 16.8. The summed E-state index contributed by atoms with van der Waals surface area (Å²) in [5, 5.41) is 2.49. The molecule has 0 fully saturated rings. The van der Waals surface area contributed by atoms with E-state index in [9.17, 15) is 9.59 Å². The van der Waals surface area contributed by atoms with Crippen molar-refractivity contribution in [3.05, 3.63) is 64.7 Å². The fourth-order valence-corrected chi connectivity index (χ4v) is 3.74. The van der Waals surface area contributed by atoms with Crippen molar-refractivity contribution in [1.29, 1.82) is 0 Å². The number of nitrogens with two attached hydrogens (primary N) is 1. The minimum Gasteiger partial charge on any atom is -0.370 e. The van der Waals surface area contributed by atoms with Crippen molar-refractivity contribution in [2.24, 2.45) is 5.73 Å². The number of carbonyl (C=O) groups is 2. The zero-order chi connectivity index (χ0) is 18.7. The number of hydrogen-bond acceptors (Lipinski definition) is 2. The van der Waals surface area contributed by atoms with Crippen LogP contribution in [0.5, 0.6) is 0 Å². The highest BCUT2D eigenvalue weighted by molar-refractivity contribution is 6.15. The molecule has 134 valence electrons. The lowest BCUT2D eigenvalue weighted by molar-refractivity contribution is -0.118. The van der Waals surface area contributed by atoms with Gasteiger partial charge in [0.05, 0.1) is 0 Å². The topological polar surface area (TPSA) is 60.2 Å². The third kappa shape index (κ3) is 3.34. The van der Waals surface area contributed by atoms with Crippen LogP contribution < -0.4 is 5.73 Å². The number of carbonyl (C=O) groups excluding carboxylic acids is 2. The van der Waals surface area contributed by atoms with Gasteiger partial charge in [-0.1, -0.05) is 68.8 Å². The van der Waals surface area contributed by atoms with Gasteiger partial charge in [0.15, 0.2) is 5.78 Å². The van der Waals surface area contributed by atoms with Gasteiger partial charge in [0.25, 0.3) is 0 Å². The van der Waals surface area contributed by atoms with Gasteiger partial charge in [-0.3, -0.25) is 9.59 Å². The van der Waals surface area contributed by atoms with E-state index in [0.717, 1.165) is 30.4 Å². The molecule has 1 unspecified atom stereocenters. The molecule has 0 aliphatic heterocycles. The van der Waals surface area contributed by atoms with Crippen LogP contribution in [-0.4, -0.2) is 11.7 Å². The first-order valence-electron chi connectivity index (χ1n) is 9.34. The van der Waals surface area contributed by atoms with E-state index in [1.54, 1.807) is 0 Å². The zero-order valence-corrected chi connectivity index (χ0v) is 15.4. The smallest absolute Gasteiger partial charge is 0.217 e. The second-order valence-electron chi connectivity index (χ2n) is 6.84. The van der Waals surface area contributed by atoms with E-state index in [1.165, 1.54) is 21.9 Å². The standard InChI is InChI=1S/C19H16O.C4H9NO/c1-2-4-15-11-14-8-7-12-5-3-6-13-9-10-16(19(15)20)18(14)17(12)13;1-2-3-4(5)6/h3,5-11,14H,2,4H2,1H3;2-3H2,1H3,(H2,5,6). The SMILES string of the molecule is CCCC(N)=O.CCCC1=CC2C=Cc3cccc4ccc(c2c34)C1=O. The molecular formula is C23H25NO2. The summed E-state index contributed by atoms with van der Waals surface area (Å²) >= 11 is 0. The van der Waals surface area contributed by atoms with E-state index in [2.05, 4.69) is 49.4 Å². The molecule has 3 heteroatoms. The second-order valence-corrected chi connectivity index (χ2v) is 6.84. The van der Waals surface area contributed by atoms with E-state index in [0.29, 0.717) is 6.42 Å². The minimum atomic E-state index is -0.211. The molecule has 0 bridgehead atoms. The zero-order valence-electron chi connectivity index (χ0n) is 15.4. The number of amides is 1. The van der Waals surface area contributed by atoms with Crippen molar-refractivity contribution < 1.29 is 9.59 Å². The molecule has 4 rings (SSSR count). The first kappa shape index (κ1) is 18.1.